The Morgan fingerprint density at radius 2 is 2.00 bits per heavy atom. The molecule has 2 aliphatic rings. The molecular formula is C22H19F2NO3S. The van der Waals surface area contributed by atoms with Crippen LogP contribution in [0.4, 0.5) is 8.78 Å². The van der Waals surface area contributed by atoms with Gasteiger partial charge in [-0.15, -0.1) is 11.3 Å². The number of carboxylic acid groups (broad SMARTS) is 1. The van der Waals surface area contributed by atoms with Crippen molar-refractivity contribution in [1.29, 1.82) is 0 Å². The molecule has 2 aromatic heterocycles. The summed E-state index contributed by atoms with van der Waals surface area (Å²) < 4.78 is 32.2. The molecule has 3 aromatic rings. The van der Waals surface area contributed by atoms with Gasteiger partial charge in [-0.3, -0.25) is 4.79 Å². The van der Waals surface area contributed by atoms with Gasteiger partial charge in [-0.2, -0.15) is 0 Å². The van der Waals surface area contributed by atoms with E-state index in [1.54, 1.807) is 0 Å². The van der Waals surface area contributed by atoms with Crippen LogP contribution in [0.25, 0.3) is 21.3 Å². The van der Waals surface area contributed by atoms with E-state index in [0.717, 1.165) is 38.2 Å². The van der Waals surface area contributed by atoms with Gasteiger partial charge >= 0.3 is 5.97 Å². The van der Waals surface area contributed by atoms with Crippen molar-refractivity contribution < 1.29 is 18.7 Å². The molecule has 1 saturated carbocycles. The van der Waals surface area contributed by atoms with Crippen LogP contribution in [-0.2, 0) is 6.42 Å². The number of thiophene rings is 1. The Morgan fingerprint density at radius 3 is 2.66 bits per heavy atom. The second-order valence-corrected chi connectivity index (χ2v) is 9.18. The highest BCUT2D eigenvalue weighted by Crippen LogP contribution is 2.44. The van der Waals surface area contributed by atoms with E-state index in [9.17, 15) is 14.7 Å². The molecule has 1 atom stereocenters. The number of nitrogens with zero attached hydrogens (tertiary/aromatic N) is 1. The number of halogens is 2. The van der Waals surface area contributed by atoms with Gasteiger partial charge in [0.05, 0.1) is 10.9 Å². The van der Waals surface area contributed by atoms with E-state index < -0.39 is 34.0 Å². The van der Waals surface area contributed by atoms with E-state index in [0.29, 0.717) is 10.8 Å². The minimum absolute atomic E-state index is 0.114. The first-order chi connectivity index (χ1) is 13.9. The quantitative estimate of drug-likeness (QED) is 0.616. The normalized spacial score (nSPS) is 18.8. The minimum atomic E-state index is -1.44. The molecule has 1 unspecified atom stereocenters. The number of aryl methyl sites for hydroxylation is 1. The van der Waals surface area contributed by atoms with Crippen molar-refractivity contribution in [3.8, 4) is 10.4 Å². The lowest BCUT2D eigenvalue weighted by Crippen LogP contribution is -2.20. The van der Waals surface area contributed by atoms with Crippen molar-refractivity contribution in [1.82, 2.24) is 4.57 Å². The average molecular weight is 415 g/mol. The molecule has 0 aliphatic heterocycles. The number of pyridine rings is 1. The average Bonchev–Trinajstić information content (AvgIpc) is 3.42. The molecule has 0 radical (unpaired) electrons. The number of benzene rings is 1. The number of fused-ring (bicyclic) bond motifs is 2. The Morgan fingerprint density at radius 1 is 1.24 bits per heavy atom. The van der Waals surface area contributed by atoms with Crippen molar-refractivity contribution in [2.24, 2.45) is 0 Å². The van der Waals surface area contributed by atoms with Gasteiger partial charge in [-0.25, -0.2) is 13.6 Å². The maximum absolute atomic E-state index is 15.7. The van der Waals surface area contributed by atoms with E-state index in [-0.39, 0.29) is 17.1 Å². The summed E-state index contributed by atoms with van der Waals surface area (Å²) in [5.41, 5.74) is -0.310. The van der Waals surface area contributed by atoms with Crippen LogP contribution in [0.15, 0.2) is 23.1 Å². The fourth-order valence-corrected chi connectivity index (χ4v) is 5.69. The maximum atomic E-state index is 15.7. The molecule has 2 aliphatic carbocycles. The Kier molecular flexibility index (Phi) is 4.13. The van der Waals surface area contributed by atoms with Gasteiger partial charge in [0.2, 0.25) is 5.43 Å². The molecule has 0 saturated heterocycles. The summed E-state index contributed by atoms with van der Waals surface area (Å²) in [5.74, 6) is -2.58. The molecule has 2 heterocycles. The number of carboxylic acids is 1. The fourth-order valence-electron chi connectivity index (χ4n) is 4.35. The maximum Gasteiger partial charge on any atom is 0.341 e. The fraction of sp³-hybridized carbons (Fsp3) is 0.364. The molecule has 150 valence electrons. The monoisotopic (exact) mass is 415 g/mol. The van der Waals surface area contributed by atoms with Crippen LogP contribution in [0, 0.1) is 11.6 Å². The molecule has 1 fully saturated rings. The van der Waals surface area contributed by atoms with Gasteiger partial charge in [0, 0.05) is 27.6 Å². The Balaban J connectivity index is 1.81. The summed E-state index contributed by atoms with van der Waals surface area (Å²) in [7, 11) is 0. The molecule has 1 N–H and O–H groups in total. The SMILES string of the molecule is CC1CCCc2sc(-c3cc(F)c4c(=O)c(C(=O)O)cn(C5CC5)c4c3F)cc21. The second kappa shape index (κ2) is 6.49. The Labute approximate surface area is 169 Å². The number of aromatic carboxylic acids is 1. The van der Waals surface area contributed by atoms with Crippen molar-refractivity contribution in [2.75, 3.05) is 0 Å². The highest BCUT2D eigenvalue weighted by Gasteiger charge is 2.31. The van der Waals surface area contributed by atoms with Crippen molar-refractivity contribution in [3.63, 3.8) is 0 Å². The number of carbonyl (C=O) groups is 1. The minimum Gasteiger partial charge on any atom is -0.477 e. The lowest BCUT2D eigenvalue weighted by Gasteiger charge is -2.17. The first-order valence-electron chi connectivity index (χ1n) is 9.80. The van der Waals surface area contributed by atoms with Crippen LogP contribution in [-0.4, -0.2) is 15.6 Å². The molecule has 0 amide bonds. The molecule has 7 heteroatoms. The summed E-state index contributed by atoms with van der Waals surface area (Å²) in [6.45, 7) is 2.14. The van der Waals surface area contributed by atoms with E-state index >= 15 is 8.78 Å². The summed E-state index contributed by atoms with van der Waals surface area (Å²) in [6.07, 6.45) is 5.76. The predicted molar refractivity (Wildman–Crippen MR) is 108 cm³/mol. The highest BCUT2D eigenvalue weighted by molar-refractivity contribution is 7.15. The summed E-state index contributed by atoms with van der Waals surface area (Å²) in [5, 5.41) is 8.86. The first kappa shape index (κ1) is 18.5. The third kappa shape index (κ3) is 2.82. The summed E-state index contributed by atoms with van der Waals surface area (Å²) in [4.78, 5) is 25.9. The lowest BCUT2D eigenvalue weighted by molar-refractivity contribution is 0.0695. The van der Waals surface area contributed by atoms with Crippen LogP contribution < -0.4 is 5.43 Å². The topological polar surface area (TPSA) is 59.3 Å². The smallest absolute Gasteiger partial charge is 0.341 e. The number of aromatic nitrogens is 1. The van der Waals surface area contributed by atoms with E-state index in [4.69, 9.17) is 0 Å². The van der Waals surface area contributed by atoms with E-state index in [2.05, 4.69) is 6.92 Å². The van der Waals surface area contributed by atoms with Gasteiger partial charge < -0.3 is 9.67 Å². The molecule has 1 aromatic carbocycles. The Bertz CT molecular complexity index is 1240. The van der Waals surface area contributed by atoms with Crippen LogP contribution in [0.1, 0.15) is 65.4 Å². The molecule has 4 nitrogen and oxygen atoms in total. The number of rotatable bonds is 3. The molecule has 0 bridgehead atoms. The summed E-state index contributed by atoms with van der Waals surface area (Å²) >= 11 is 1.48. The molecule has 0 spiro atoms. The number of hydrogen-bond acceptors (Lipinski definition) is 3. The zero-order chi connectivity index (χ0) is 20.4. The van der Waals surface area contributed by atoms with Crippen LogP contribution in [0.2, 0.25) is 0 Å². The van der Waals surface area contributed by atoms with Gasteiger partial charge in [0.1, 0.15) is 11.4 Å². The zero-order valence-corrected chi connectivity index (χ0v) is 16.6. The van der Waals surface area contributed by atoms with Crippen molar-refractivity contribution in [3.05, 3.63) is 56.2 Å². The van der Waals surface area contributed by atoms with Gasteiger partial charge in [0.25, 0.3) is 0 Å². The van der Waals surface area contributed by atoms with Crippen LogP contribution in [0.3, 0.4) is 0 Å². The highest BCUT2D eigenvalue weighted by atomic mass is 32.1. The lowest BCUT2D eigenvalue weighted by atomic mass is 9.89. The van der Waals surface area contributed by atoms with Gasteiger partial charge in [-0.05, 0) is 55.7 Å². The first-order valence-corrected chi connectivity index (χ1v) is 10.6. The third-order valence-electron chi connectivity index (χ3n) is 6.04. The van der Waals surface area contributed by atoms with E-state index in [1.165, 1.54) is 32.5 Å². The van der Waals surface area contributed by atoms with Crippen molar-refractivity contribution >= 4 is 28.2 Å². The predicted octanol–water partition coefficient (Wildman–Crippen LogP) is 5.48. The zero-order valence-electron chi connectivity index (χ0n) is 15.8. The molecule has 5 rings (SSSR count). The summed E-state index contributed by atoms with van der Waals surface area (Å²) in [6, 6.07) is 2.87. The Hall–Kier alpha value is -2.54. The van der Waals surface area contributed by atoms with Crippen molar-refractivity contribution in [2.45, 2.75) is 51.0 Å². The third-order valence-corrected chi connectivity index (χ3v) is 7.28. The molecule has 29 heavy (non-hydrogen) atoms. The standard InChI is InChI=1S/C22H19F2NO3S/c1-10-3-2-4-16-12(10)8-17(29-16)13-7-15(23)18-20(19(13)24)25(11-5-6-11)9-14(21(18)26)22(27)28/h7-11H,2-6H2,1H3,(H,27,28). The van der Waals surface area contributed by atoms with E-state index in [1.807, 2.05) is 6.07 Å². The number of hydrogen-bond donors (Lipinski definition) is 1. The van der Waals surface area contributed by atoms with Gasteiger partial charge in [0.15, 0.2) is 5.82 Å². The van der Waals surface area contributed by atoms with Gasteiger partial charge in [-0.1, -0.05) is 6.92 Å². The molecular weight excluding hydrogens is 396 g/mol. The van der Waals surface area contributed by atoms with Crippen LogP contribution >= 0.6 is 11.3 Å². The second-order valence-electron chi connectivity index (χ2n) is 8.04. The largest absolute Gasteiger partial charge is 0.477 e. The van der Waals surface area contributed by atoms with Crippen LogP contribution in [0.5, 0.6) is 0 Å².